The monoisotopic (exact) mass is 245 g/mol. The first-order valence-corrected chi connectivity index (χ1v) is 6.01. The molecule has 0 unspecified atom stereocenters. The van der Waals surface area contributed by atoms with Gasteiger partial charge in [-0.15, -0.1) is 0 Å². The van der Waals surface area contributed by atoms with Crippen molar-refractivity contribution in [3.63, 3.8) is 0 Å². The van der Waals surface area contributed by atoms with Gasteiger partial charge in [-0.25, -0.2) is 0 Å². The fraction of sp³-hybridized carbons (Fsp3) is 0. The van der Waals surface area contributed by atoms with E-state index in [1.807, 2.05) is 54.6 Å². The summed E-state index contributed by atoms with van der Waals surface area (Å²) in [6.45, 7) is 0. The van der Waals surface area contributed by atoms with Crippen molar-refractivity contribution in [1.82, 2.24) is 0 Å². The van der Waals surface area contributed by atoms with Crippen molar-refractivity contribution in [2.24, 2.45) is 0 Å². The minimum atomic E-state index is 0.672. The van der Waals surface area contributed by atoms with Crippen molar-refractivity contribution in [2.75, 3.05) is 0 Å². The summed E-state index contributed by atoms with van der Waals surface area (Å²) in [7, 11) is 0. The molecular formula is C17H11NO. The van der Waals surface area contributed by atoms with E-state index in [1.54, 1.807) is 6.26 Å². The lowest BCUT2D eigenvalue weighted by molar-refractivity contribution is 0.582. The van der Waals surface area contributed by atoms with Gasteiger partial charge in [-0.1, -0.05) is 30.3 Å². The maximum Gasteiger partial charge on any atom is 0.133 e. The Morgan fingerprint density at radius 3 is 2.26 bits per heavy atom. The lowest BCUT2D eigenvalue weighted by Gasteiger charge is -2.04. The molecule has 0 saturated heterocycles. The highest BCUT2D eigenvalue weighted by atomic mass is 16.3. The predicted molar refractivity (Wildman–Crippen MR) is 74.3 cm³/mol. The predicted octanol–water partition coefficient (Wildman–Crippen LogP) is 4.49. The van der Waals surface area contributed by atoms with Gasteiger partial charge in [-0.05, 0) is 41.5 Å². The second-order valence-corrected chi connectivity index (χ2v) is 4.25. The molecule has 0 N–H and O–H groups in total. The molecule has 0 radical (unpaired) electrons. The largest absolute Gasteiger partial charge is 0.464 e. The summed E-state index contributed by atoms with van der Waals surface area (Å²) in [4.78, 5) is 0. The van der Waals surface area contributed by atoms with Crippen LogP contribution in [0.25, 0.3) is 22.5 Å². The van der Waals surface area contributed by atoms with Crippen LogP contribution in [0.3, 0.4) is 0 Å². The van der Waals surface area contributed by atoms with Crippen LogP contribution < -0.4 is 0 Å². The van der Waals surface area contributed by atoms with Crippen LogP contribution in [0.2, 0.25) is 0 Å². The summed E-state index contributed by atoms with van der Waals surface area (Å²) in [5.41, 5.74) is 3.92. The fourth-order valence-electron chi connectivity index (χ4n) is 2.03. The van der Waals surface area contributed by atoms with Gasteiger partial charge in [0.15, 0.2) is 0 Å². The van der Waals surface area contributed by atoms with Crippen molar-refractivity contribution in [2.45, 2.75) is 0 Å². The SMILES string of the molecule is N#Cc1ccc(-c2cccc(-c3ccco3)c2)cc1. The number of hydrogen-bond acceptors (Lipinski definition) is 2. The average Bonchev–Trinajstić information content (AvgIpc) is 3.02. The zero-order chi connectivity index (χ0) is 13.1. The minimum absolute atomic E-state index is 0.672. The second kappa shape index (κ2) is 4.83. The van der Waals surface area contributed by atoms with Crippen molar-refractivity contribution < 1.29 is 4.42 Å². The first-order valence-electron chi connectivity index (χ1n) is 6.01. The van der Waals surface area contributed by atoms with Gasteiger partial charge < -0.3 is 4.42 Å². The van der Waals surface area contributed by atoms with Gasteiger partial charge in [0.25, 0.3) is 0 Å². The molecule has 90 valence electrons. The zero-order valence-electron chi connectivity index (χ0n) is 10.2. The van der Waals surface area contributed by atoms with Crippen molar-refractivity contribution >= 4 is 0 Å². The number of furan rings is 1. The van der Waals surface area contributed by atoms with E-state index in [0.29, 0.717) is 5.56 Å². The van der Waals surface area contributed by atoms with Crippen LogP contribution in [-0.2, 0) is 0 Å². The van der Waals surface area contributed by atoms with Crippen molar-refractivity contribution in [3.05, 3.63) is 72.5 Å². The Labute approximate surface area is 111 Å². The lowest BCUT2D eigenvalue weighted by atomic mass is 10.0. The summed E-state index contributed by atoms with van der Waals surface area (Å²) < 4.78 is 5.40. The number of nitriles is 1. The van der Waals surface area contributed by atoms with Gasteiger partial charge in [0.2, 0.25) is 0 Å². The molecule has 3 rings (SSSR count). The molecule has 0 saturated carbocycles. The first-order chi connectivity index (χ1) is 9.36. The highest BCUT2D eigenvalue weighted by Gasteiger charge is 2.03. The van der Waals surface area contributed by atoms with E-state index in [4.69, 9.17) is 9.68 Å². The van der Waals surface area contributed by atoms with Crippen LogP contribution in [0.15, 0.2) is 71.3 Å². The zero-order valence-corrected chi connectivity index (χ0v) is 10.2. The molecule has 0 aliphatic rings. The molecular weight excluding hydrogens is 234 g/mol. The Morgan fingerprint density at radius 1 is 0.789 bits per heavy atom. The molecule has 0 bridgehead atoms. The van der Waals surface area contributed by atoms with Crippen LogP contribution in [-0.4, -0.2) is 0 Å². The van der Waals surface area contributed by atoms with Crippen molar-refractivity contribution in [3.8, 4) is 28.5 Å². The van der Waals surface area contributed by atoms with Crippen LogP contribution in [0.5, 0.6) is 0 Å². The molecule has 0 aliphatic heterocycles. The maximum absolute atomic E-state index is 8.81. The summed E-state index contributed by atoms with van der Waals surface area (Å²) >= 11 is 0. The van der Waals surface area contributed by atoms with Gasteiger partial charge in [0.1, 0.15) is 5.76 Å². The van der Waals surface area contributed by atoms with E-state index in [0.717, 1.165) is 22.5 Å². The Morgan fingerprint density at radius 2 is 1.58 bits per heavy atom. The second-order valence-electron chi connectivity index (χ2n) is 4.25. The summed E-state index contributed by atoms with van der Waals surface area (Å²) in [5.74, 6) is 0.857. The molecule has 0 spiro atoms. The van der Waals surface area contributed by atoms with Gasteiger partial charge >= 0.3 is 0 Å². The molecule has 3 aromatic rings. The molecule has 1 aromatic heterocycles. The number of benzene rings is 2. The van der Waals surface area contributed by atoms with Crippen molar-refractivity contribution in [1.29, 1.82) is 5.26 Å². The number of nitrogens with zero attached hydrogens (tertiary/aromatic N) is 1. The molecule has 0 amide bonds. The molecule has 19 heavy (non-hydrogen) atoms. The fourth-order valence-corrected chi connectivity index (χ4v) is 2.03. The first kappa shape index (κ1) is 11.3. The van der Waals surface area contributed by atoms with Gasteiger partial charge in [-0.3, -0.25) is 0 Å². The summed E-state index contributed by atoms with van der Waals surface area (Å²) in [6, 6.07) is 21.7. The lowest BCUT2D eigenvalue weighted by Crippen LogP contribution is -1.81. The maximum atomic E-state index is 8.81. The Balaban J connectivity index is 2.01. The van der Waals surface area contributed by atoms with Gasteiger partial charge in [0.05, 0.1) is 17.9 Å². The minimum Gasteiger partial charge on any atom is -0.464 e. The molecule has 0 atom stereocenters. The van der Waals surface area contributed by atoms with Gasteiger partial charge in [0, 0.05) is 5.56 Å². The highest BCUT2D eigenvalue weighted by Crippen LogP contribution is 2.26. The third kappa shape index (κ3) is 2.27. The Hall–Kier alpha value is -2.79. The van der Waals surface area contributed by atoms with E-state index < -0.39 is 0 Å². The summed E-state index contributed by atoms with van der Waals surface area (Å²) in [6.07, 6.45) is 1.67. The smallest absolute Gasteiger partial charge is 0.133 e. The van der Waals surface area contributed by atoms with E-state index in [1.165, 1.54) is 0 Å². The highest BCUT2D eigenvalue weighted by molar-refractivity contribution is 5.71. The number of hydrogen-bond donors (Lipinski definition) is 0. The van der Waals surface area contributed by atoms with E-state index >= 15 is 0 Å². The van der Waals surface area contributed by atoms with Crippen LogP contribution in [0, 0.1) is 11.3 Å². The third-order valence-electron chi connectivity index (χ3n) is 3.02. The standard InChI is InChI=1S/C17H11NO/c18-12-13-6-8-14(9-7-13)15-3-1-4-16(11-15)17-5-2-10-19-17/h1-11H. The average molecular weight is 245 g/mol. The van der Waals surface area contributed by atoms with Gasteiger partial charge in [-0.2, -0.15) is 5.26 Å². The topological polar surface area (TPSA) is 36.9 Å². The quantitative estimate of drug-likeness (QED) is 0.667. The molecule has 0 fully saturated rings. The third-order valence-corrected chi connectivity index (χ3v) is 3.02. The van der Waals surface area contributed by atoms with Crippen LogP contribution in [0.1, 0.15) is 5.56 Å². The normalized spacial score (nSPS) is 10.1. The Bertz CT molecular complexity index is 719. The number of rotatable bonds is 2. The van der Waals surface area contributed by atoms with E-state index in [-0.39, 0.29) is 0 Å². The Kier molecular flexibility index (Phi) is 2.88. The van der Waals surface area contributed by atoms with Crippen LogP contribution in [0.4, 0.5) is 0 Å². The molecule has 2 nitrogen and oxygen atoms in total. The molecule has 1 heterocycles. The summed E-state index contributed by atoms with van der Waals surface area (Å²) in [5, 5.41) is 8.81. The molecule has 0 aliphatic carbocycles. The molecule has 2 heteroatoms. The van der Waals surface area contributed by atoms with Crippen LogP contribution >= 0.6 is 0 Å². The van der Waals surface area contributed by atoms with E-state index in [2.05, 4.69) is 12.1 Å². The molecule has 2 aromatic carbocycles. The van der Waals surface area contributed by atoms with E-state index in [9.17, 15) is 0 Å².